The number of furan rings is 1. The van der Waals surface area contributed by atoms with Gasteiger partial charge in [-0.15, -0.1) is 0 Å². The molecular weight excluding hydrogens is 204 g/mol. The maximum absolute atomic E-state index is 11.8. The van der Waals surface area contributed by atoms with Gasteiger partial charge >= 0.3 is 0 Å². The van der Waals surface area contributed by atoms with E-state index in [2.05, 4.69) is 0 Å². The van der Waals surface area contributed by atoms with Crippen LogP contribution in [-0.4, -0.2) is 12.9 Å². The van der Waals surface area contributed by atoms with Gasteiger partial charge < -0.3 is 9.15 Å². The third-order valence-electron chi connectivity index (χ3n) is 2.36. The molecule has 0 spiro atoms. The Kier molecular flexibility index (Phi) is 3.05. The van der Waals surface area contributed by atoms with Gasteiger partial charge in [0.25, 0.3) is 0 Å². The molecule has 0 amide bonds. The van der Waals surface area contributed by atoms with Crippen molar-refractivity contribution in [2.75, 3.05) is 7.11 Å². The monoisotopic (exact) mass is 216 g/mol. The smallest absolute Gasteiger partial charge is 0.167 e. The summed E-state index contributed by atoms with van der Waals surface area (Å²) in [5.74, 6) is 0.823. The summed E-state index contributed by atoms with van der Waals surface area (Å²) < 4.78 is 9.94. The molecule has 1 aromatic heterocycles. The Hall–Kier alpha value is -2.03. The van der Waals surface area contributed by atoms with Gasteiger partial charge in [-0.25, -0.2) is 0 Å². The van der Waals surface area contributed by atoms with Gasteiger partial charge in [0.2, 0.25) is 0 Å². The van der Waals surface area contributed by atoms with E-state index in [-0.39, 0.29) is 5.78 Å². The van der Waals surface area contributed by atoms with Gasteiger partial charge in [0.1, 0.15) is 5.75 Å². The van der Waals surface area contributed by atoms with Crippen molar-refractivity contribution in [2.45, 2.75) is 6.42 Å². The Morgan fingerprint density at radius 1 is 1.25 bits per heavy atom. The third kappa shape index (κ3) is 2.31. The molecule has 82 valence electrons. The van der Waals surface area contributed by atoms with E-state index in [0.717, 1.165) is 11.3 Å². The van der Waals surface area contributed by atoms with Crippen LogP contribution in [0.25, 0.3) is 0 Å². The van der Waals surface area contributed by atoms with E-state index < -0.39 is 0 Å². The predicted octanol–water partition coefficient (Wildman–Crippen LogP) is 2.71. The van der Waals surface area contributed by atoms with Crippen LogP contribution in [0.5, 0.6) is 5.75 Å². The van der Waals surface area contributed by atoms with Gasteiger partial charge in [0.15, 0.2) is 5.78 Å². The molecule has 1 aromatic carbocycles. The summed E-state index contributed by atoms with van der Waals surface area (Å²) in [5.41, 5.74) is 1.57. The summed E-state index contributed by atoms with van der Waals surface area (Å²) in [7, 11) is 1.60. The average Bonchev–Trinajstić information content (AvgIpc) is 2.82. The highest BCUT2D eigenvalue weighted by atomic mass is 16.5. The van der Waals surface area contributed by atoms with Crippen LogP contribution in [0.2, 0.25) is 0 Å². The van der Waals surface area contributed by atoms with Crippen LogP contribution >= 0.6 is 0 Å². The van der Waals surface area contributed by atoms with Crippen molar-refractivity contribution in [3.63, 3.8) is 0 Å². The van der Waals surface area contributed by atoms with Crippen molar-refractivity contribution in [3.8, 4) is 5.75 Å². The van der Waals surface area contributed by atoms with E-state index in [1.807, 2.05) is 0 Å². The lowest BCUT2D eigenvalue weighted by Crippen LogP contribution is -2.02. The fraction of sp³-hybridized carbons (Fsp3) is 0.154. The van der Waals surface area contributed by atoms with Gasteiger partial charge in [-0.1, -0.05) is 0 Å². The lowest BCUT2D eigenvalue weighted by molar-refractivity contribution is 0.0992. The Bertz CT molecular complexity index is 454. The van der Waals surface area contributed by atoms with Crippen LogP contribution in [0.1, 0.15) is 15.9 Å². The first-order valence-electron chi connectivity index (χ1n) is 4.98. The number of methoxy groups -OCH3 is 1. The minimum Gasteiger partial charge on any atom is -0.497 e. The van der Waals surface area contributed by atoms with Crippen LogP contribution in [0.3, 0.4) is 0 Å². The number of carbonyl (C=O) groups is 1. The number of hydrogen-bond donors (Lipinski definition) is 0. The number of rotatable bonds is 4. The van der Waals surface area contributed by atoms with E-state index in [4.69, 9.17) is 9.15 Å². The lowest BCUT2D eigenvalue weighted by Gasteiger charge is -2.01. The van der Waals surface area contributed by atoms with Crippen molar-refractivity contribution in [1.29, 1.82) is 0 Å². The second kappa shape index (κ2) is 4.66. The second-order valence-electron chi connectivity index (χ2n) is 3.46. The highest BCUT2D eigenvalue weighted by molar-refractivity contribution is 5.97. The van der Waals surface area contributed by atoms with Gasteiger partial charge in [0.05, 0.1) is 19.6 Å². The van der Waals surface area contributed by atoms with Crippen molar-refractivity contribution in [2.24, 2.45) is 0 Å². The maximum atomic E-state index is 11.8. The first-order chi connectivity index (χ1) is 7.79. The topological polar surface area (TPSA) is 39.4 Å². The zero-order valence-corrected chi connectivity index (χ0v) is 8.97. The molecular formula is C13H12O3. The van der Waals surface area contributed by atoms with Gasteiger partial charge in [-0.05, 0) is 35.9 Å². The molecule has 3 nitrogen and oxygen atoms in total. The highest BCUT2D eigenvalue weighted by Crippen LogP contribution is 2.13. The van der Waals surface area contributed by atoms with Gasteiger partial charge in [-0.2, -0.15) is 0 Å². The summed E-state index contributed by atoms with van der Waals surface area (Å²) in [6, 6.07) is 8.88. The third-order valence-corrected chi connectivity index (χ3v) is 2.36. The van der Waals surface area contributed by atoms with Crippen molar-refractivity contribution in [3.05, 3.63) is 54.0 Å². The summed E-state index contributed by atoms with van der Waals surface area (Å²) in [6.45, 7) is 0. The van der Waals surface area contributed by atoms with E-state index in [1.54, 1.807) is 50.0 Å². The Balaban J connectivity index is 2.09. The molecule has 16 heavy (non-hydrogen) atoms. The van der Waals surface area contributed by atoms with Crippen LogP contribution in [0, 0.1) is 0 Å². The normalized spacial score (nSPS) is 10.1. The first-order valence-corrected chi connectivity index (χ1v) is 4.98. The molecule has 3 heteroatoms. The van der Waals surface area contributed by atoms with Gasteiger partial charge in [0, 0.05) is 12.0 Å². The first kappa shape index (κ1) is 10.5. The molecule has 1 heterocycles. The number of Topliss-reactive ketones (excluding diaryl/α,β-unsaturated/α-hetero) is 1. The molecule has 0 unspecified atom stereocenters. The van der Waals surface area contributed by atoms with Crippen molar-refractivity contribution in [1.82, 2.24) is 0 Å². The molecule has 0 bridgehead atoms. The number of benzene rings is 1. The predicted molar refractivity (Wildman–Crippen MR) is 59.7 cm³/mol. The number of ketones is 1. The lowest BCUT2D eigenvalue weighted by atomic mass is 10.1. The molecule has 0 fully saturated rings. The zero-order valence-electron chi connectivity index (χ0n) is 8.97. The minimum atomic E-state index is 0.0732. The summed E-state index contributed by atoms with van der Waals surface area (Å²) in [6.07, 6.45) is 3.51. The van der Waals surface area contributed by atoms with Crippen LogP contribution in [0.4, 0.5) is 0 Å². The fourth-order valence-corrected chi connectivity index (χ4v) is 1.46. The highest BCUT2D eigenvalue weighted by Gasteiger charge is 2.07. The zero-order chi connectivity index (χ0) is 11.4. The summed E-state index contributed by atoms with van der Waals surface area (Å²) in [5, 5.41) is 0. The molecule has 0 atom stereocenters. The average molecular weight is 216 g/mol. The SMILES string of the molecule is COc1ccc(C(=O)Cc2ccoc2)cc1. The summed E-state index contributed by atoms with van der Waals surface area (Å²) in [4.78, 5) is 11.8. The molecule has 0 saturated carbocycles. The Morgan fingerprint density at radius 2 is 2.00 bits per heavy atom. The van der Waals surface area contributed by atoms with E-state index in [9.17, 15) is 4.79 Å². The van der Waals surface area contributed by atoms with Crippen molar-refractivity contribution < 1.29 is 13.9 Å². The van der Waals surface area contributed by atoms with Crippen LogP contribution in [-0.2, 0) is 6.42 Å². The quantitative estimate of drug-likeness (QED) is 0.737. The van der Waals surface area contributed by atoms with Crippen LogP contribution < -0.4 is 4.74 Å². The standard InChI is InChI=1S/C13H12O3/c1-15-12-4-2-11(3-5-12)13(14)8-10-6-7-16-9-10/h2-7,9H,8H2,1H3. The molecule has 0 radical (unpaired) electrons. The number of carbonyl (C=O) groups excluding carboxylic acids is 1. The molecule has 0 N–H and O–H groups in total. The van der Waals surface area contributed by atoms with Gasteiger partial charge in [-0.3, -0.25) is 4.79 Å². The second-order valence-corrected chi connectivity index (χ2v) is 3.46. The fourth-order valence-electron chi connectivity index (χ4n) is 1.46. The molecule has 0 aliphatic carbocycles. The van der Waals surface area contributed by atoms with E-state index in [1.165, 1.54) is 0 Å². The number of hydrogen-bond acceptors (Lipinski definition) is 3. The maximum Gasteiger partial charge on any atom is 0.167 e. The minimum absolute atomic E-state index is 0.0732. The molecule has 0 aliphatic heterocycles. The Morgan fingerprint density at radius 3 is 2.56 bits per heavy atom. The van der Waals surface area contributed by atoms with E-state index in [0.29, 0.717) is 12.0 Å². The molecule has 2 aromatic rings. The summed E-state index contributed by atoms with van der Waals surface area (Å²) >= 11 is 0. The Labute approximate surface area is 93.7 Å². The number of ether oxygens (including phenoxy) is 1. The van der Waals surface area contributed by atoms with Crippen molar-refractivity contribution >= 4 is 5.78 Å². The largest absolute Gasteiger partial charge is 0.497 e. The van der Waals surface area contributed by atoms with Crippen LogP contribution in [0.15, 0.2) is 47.3 Å². The molecule has 2 rings (SSSR count). The molecule has 0 aliphatic rings. The van der Waals surface area contributed by atoms with E-state index >= 15 is 0 Å². The molecule has 0 saturated heterocycles.